The van der Waals surface area contributed by atoms with Crippen LogP contribution in [-0.2, 0) is 4.79 Å². The Morgan fingerprint density at radius 3 is 2.42 bits per heavy atom. The van der Waals surface area contributed by atoms with Gasteiger partial charge in [-0.3, -0.25) is 10.2 Å². The number of nitrogens with zero attached hydrogens (tertiary/aromatic N) is 1. The van der Waals surface area contributed by atoms with E-state index in [-0.39, 0.29) is 18.5 Å². The van der Waals surface area contributed by atoms with Crippen molar-refractivity contribution in [2.75, 3.05) is 13.2 Å². The summed E-state index contributed by atoms with van der Waals surface area (Å²) in [6.07, 6.45) is -4.47. The van der Waals surface area contributed by atoms with Crippen molar-refractivity contribution >= 4 is 16.7 Å². The number of nitrogens with one attached hydrogen (secondary N) is 1. The fourth-order valence-electron chi connectivity index (χ4n) is 3.12. The maximum atomic E-state index is 13.8. The molecule has 0 radical (unpaired) electrons. The third-order valence-electron chi connectivity index (χ3n) is 4.25. The van der Waals surface area contributed by atoms with Gasteiger partial charge >= 0.3 is 6.18 Å². The Morgan fingerprint density at radius 2 is 1.85 bits per heavy atom. The molecule has 3 rings (SSSR count). The van der Waals surface area contributed by atoms with E-state index < -0.39 is 18.1 Å². The molecule has 1 amide bonds. The lowest BCUT2D eigenvalue weighted by molar-refractivity contribution is -0.190. The molecule has 1 fully saturated rings. The molecule has 1 atom stereocenters. The summed E-state index contributed by atoms with van der Waals surface area (Å²) < 4.78 is 47.3. The lowest BCUT2D eigenvalue weighted by atomic mass is 9.97. The van der Waals surface area contributed by atoms with Gasteiger partial charge in [0.15, 0.2) is 6.04 Å². The zero-order chi connectivity index (χ0) is 18.9. The van der Waals surface area contributed by atoms with Gasteiger partial charge in [0, 0.05) is 18.4 Å². The van der Waals surface area contributed by atoms with Gasteiger partial charge in [0.25, 0.3) is 0 Å². The quantitative estimate of drug-likeness (QED) is 0.862. The van der Waals surface area contributed by atoms with Gasteiger partial charge in [0.2, 0.25) is 5.91 Å². The van der Waals surface area contributed by atoms with Crippen molar-refractivity contribution in [3.63, 3.8) is 0 Å². The predicted octanol–water partition coefficient (Wildman–Crippen LogP) is 4.21. The molecule has 2 aromatic carbocycles. The summed E-state index contributed by atoms with van der Waals surface area (Å²) in [6, 6.07) is 8.01. The summed E-state index contributed by atoms with van der Waals surface area (Å²) >= 11 is 0. The Bertz CT molecular complexity index is 805. The van der Waals surface area contributed by atoms with Crippen LogP contribution in [0.3, 0.4) is 0 Å². The first kappa shape index (κ1) is 18.5. The predicted molar refractivity (Wildman–Crippen MR) is 92.5 cm³/mol. The Kier molecular flexibility index (Phi) is 5.09. The molecule has 0 aromatic heterocycles. The highest BCUT2D eigenvalue weighted by atomic mass is 19.4. The maximum absolute atomic E-state index is 13.8. The van der Waals surface area contributed by atoms with Gasteiger partial charge in [-0.1, -0.05) is 44.2 Å². The van der Waals surface area contributed by atoms with Crippen molar-refractivity contribution in [3.8, 4) is 5.75 Å². The number of hydrazine groups is 1. The fourth-order valence-corrected chi connectivity index (χ4v) is 3.12. The van der Waals surface area contributed by atoms with Crippen LogP contribution in [0.4, 0.5) is 13.2 Å². The number of hydrogen-bond donors (Lipinski definition) is 1. The van der Waals surface area contributed by atoms with E-state index in [1.807, 2.05) is 13.8 Å². The van der Waals surface area contributed by atoms with Crippen LogP contribution in [-0.4, -0.2) is 30.2 Å². The number of carbonyl (C=O) groups is 1. The molecule has 1 aliphatic rings. The normalized spacial score (nSPS) is 16.9. The number of rotatable bonds is 5. The van der Waals surface area contributed by atoms with Crippen LogP contribution in [0.5, 0.6) is 5.75 Å². The van der Waals surface area contributed by atoms with Crippen LogP contribution in [0.25, 0.3) is 10.8 Å². The third-order valence-corrected chi connectivity index (χ3v) is 4.25. The topological polar surface area (TPSA) is 41.6 Å². The number of hydrogen-bond acceptors (Lipinski definition) is 3. The van der Waals surface area contributed by atoms with Crippen LogP contribution >= 0.6 is 0 Å². The number of carbonyl (C=O) groups excluding carboxylic acids is 1. The number of fused-ring (bicyclic) bond motifs is 1. The average molecular weight is 366 g/mol. The van der Waals surface area contributed by atoms with Crippen molar-refractivity contribution in [3.05, 3.63) is 42.0 Å². The molecular weight excluding hydrogens is 345 g/mol. The molecule has 0 saturated carbocycles. The minimum atomic E-state index is -4.53. The van der Waals surface area contributed by atoms with E-state index in [4.69, 9.17) is 4.74 Å². The Labute approximate surface area is 149 Å². The number of ether oxygens (including phenoxy) is 1. The van der Waals surface area contributed by atoms with Crippen LogP contribution in [0, 0.1) is 5.92 Å². The molecule has 0 spiro atoms. The first-order valence-corrected chi connectivity index (χ1v) is 8.54. The van der Waals surface area contributed by atoms with E-state index in [1.165, 1.54) is 6.07 Å². The molecule has 2 aromatic rings. The van der Waals surface area contributed by atoms with E-state index in [9.17, 15) is 18.0 Å². The lowest BCUT2D eigenvalue weighted by Gasteiger charge is -2.30. The molecule has 1 aliphatic heterocycles. The number of halogens is 3. The molecule has 4 nitrogen and oxygen atoms in total. The molecule has 0 bridgehead atoms. The minimum absolute atomic E-state index is 0.0168. The van der Waals surface area contributed by atoms with Crippen molar-refractivity contribution < 1.29 is 22.7 Å². The molecule has 1 unspecified atom stereocenters. The average Bonchev–Trinajstić information content (AvgIpc) is 2.98. The molecule has 140 valence electrons. The lowest BCUT2D eigenvalue weighted by Crippen LogP contribution is -2.43. The van der Waals surface area contributed by atoms with E-state index in [2.05, 4.69) is 5.43 Å². The summed E-state index contributed by atoms with van der Waals surface area (Å²) in [5.74, 6) is 0.459. The summed E-state index contributed by atoms with van der Waals surface area (Å²) in [5.41, 5.74) is 2.43. The monoisotopic (exact) mass is 366 g/mol. The standard InChI is InChI=1S/C19H21F3N2O2/c1-12(2)11-26-16-8-7-15(13-5-3-4-6-14(13)16)18(19(20,21)22)24-10-9-17(25)23-24/h3-8,12,18H,9-11H2,1-2H3,(H,23,25). The van der Waals surface area contributed by atoms with Crippen molar-refractivity contribution in [1.29, 1.82) is 0 Å². The second-order valence-electron chi connectivity index (χ2n) is 6.83. The Hall–Kier alpha value is -2.28. The highest BCUT2D eigenvalue weighted by Crippen LogP contribution is 2.42. The Balaban J connectivity index is 2.08. The number of benzene rings is 2. The Morgan fingerprint density at radius 1 is 1.15 bits per heavy atom. The summed E-state index contributed by atoms with van der Waals surface area (Å²) in [7, 11) is 0. The van der Waals surface area contributed by atoms with Crippen LogP contribution < -0.4 is 10.2 Å². The summed E-state index contributed by atoms with van der Waals surface area (Å²) in [6.45, 7) is 4.51. The van der Waals surface area contributed by atoms with Crippen LogP contribution in [0.15, 0.2) is 36.4 Å². The van der Waals surface area contributed by atoms with Gasteiger partial charge < -0.3 is 4.74 Å². The first-order valence-electron chi connectivity index (χ1n) is 8.54. The zero-order valence-electron chi connectivity index (χ0n) is 14.6. The third kappa shape index (κ3) is 3.77. The SMILES string of the molecule is CC(C)COc1ccc(C(N2CCC(=O)N2)C(F)(F)F)c2ccccc12. The van der Waals surface area contributed by atoms with Gasteiger partial charge in [-0.25, -0.2) is 5.01 Å². The van der Waals surface area contributed by atoms with E-state index in [0.29, 0.717) is 29.0 Å². The van der Waals surface area contributed by atoms with Crippen molar-refractivity contribution in [2.45, 2.75) is 32.5 Å². The van der Waals surface area contributed by atoms with E-state index in [1.54, 1.807) is 30.3 Å². The van der Waals surface area contributed by atoms with E-state index >= 15 is 0 Å². The van der Waals surface area contributed by atoms with Crippen LogP contribution in [0.2, 0.25) is 0 Å². The second-order valence-corrected chi connectivity index (χ2v) is 6.83. The summed E-state index contributed by atoms with van der Waals surface area (Å²) in [4.78, 5) is 11.4. The molecular formula is C19H21F3N2O2. The molecule has 0 aliphatic carbocycles. The van der Waals surface area contributed by atoms with Gasteiger partial charge in [-0.15, -0.1) is 0 Å². The maximum Gasteiger partial charge on any atom is 0.409 e. The first-order chi connectivity index (χ1) is 12.3. The van der Waals surface area contributed by atoms with Crippen LogP contribution in [0.1, 0.15) is 31.9 Å². The van der Waals surface area contributed by atoms with Gasteiger partial charge in [-0.05, 0) is 22.9 Å². The zero-order valence-corrected chi connectivity index (χ0v) is 14.6. The second kappa shape index (κ2) is 7.15. The fraction of sp³-hybridized carbons (Fsp3) is 0.421. The smallest absolute Gasteiger partial charge is 0.409 e. The molecule has 1 saturated heterocycles. The molecule has 1 N–H and O–H groups in total. The van der Waals surface area contributed by atoms with E-state index in [0.717, 1.165) is 5.01 Å². The molecule has 26 heavy (non-hydrogen) atoms. The molecule has 7 heteroatoms. The number of alkyl halides is 3. The minimum Gasteiger partial charge on any atom is -0.493 e. The van der Waals surface area contributed by atoms with Gasteiger partial charge in [0.05, 0.1) is 6.61 Å². The van der Waals surface area contributed by atoms with Crippen molar-refractivity contribution in [2.24, 2.45) is 5.92 Å². The highest BCUT2D eigenvalue weighted by molar-refractivity contribution is 5.91. The van der Waals surface area contributed by atoms with Gasteiger partial charge in [-0.2, -0.15) is 13.2 Å². The molecule has 1 heterocycles. The highest BCUT2D eigenvalue weighted by Gasteiger charge is 2.47. The largest absolute Gasteiger partial charge is 0.493 e. The van der Waals surface area contributed by atoms with Gasteiger partial charge in [0.1, 0.15) is 5.75 Å². The summed E-state index contributed by atoms with van der Waals surface area (Å²) in [5, 5.41) is 2.07. The number of amides is 1. The van der Waals surface area contributed by atoms with Crippen molar-refractivity contribution in [1.82, 2.24) is 10.4 Å².